The third kappa shape index (κ3) is 5.01. The molecule has 3 aromatic rings. The summed E-state index contributed by atoms with van der Waals surface area (Å²) < 4.78 is 34.6. The number of hydrogen-bond donors (Lipinski definition) is 0. The van der Waals surface area contributed by atoms with Crippen molar-refractivity contribution in [3.8, 4) is 22.8 Å². The Morgan fingerprint density at radius 2 is 1.86 bits per heavy atom. The molecular formula is C30H35NO4S. The molecule has 1 saturated carbocycles. The Hall–Kier alpha value is -2.86. The van der Waals surface area contributed by atoms with Gasteiger partial charge in [0.05, 0.1) is 12.4 Å². The first-order valence-corrected chi connectivity index (χ1v) is 14.8. The molecule has 0 radical (unpaired) electrons. The molecule has 190 valence electrons. The highest BCUT2D eigenvalue weighted by molar-refractivity contribution is 7.90. The smallest absolute Gasteiger partial charge is 0.213 e. The van der Waals surface area contributed by atoms with Gasteiger partial charge in [0.15, 0.2) is 0 Å². The monoisotopic (exact) mass is 505 g/mol. The normalized spacial score (nSPS) is 20.1. The standard InChI is InChI=1S/C30H35NO4S/c1-18-14-28(34-12-7-13-36(5,32)33)31-21(4)29(18)25-9-6-8-22(19(25)2)17-35-24-10-11-26-23(15-24)16-27-20(3)30(26)27/h6,8-11,14-15,20,27,30H,7,12-13,16-17H2,1-5H3/t20-,27-,30-/m0/s1. The summed E-state index contributed by atoms with van der Waals surface area (Å²) >= 11 is 0. The fourth-order valence-corrected chi connectivity index (χ4v) is 6.49. The van der Waals surface area contributed by atoms with E-state index in [1.54, 1.807) is 0 Å². The molecule has 3 atom stereocenters. The lowest BCUT2D eigenvalue weighted by atomic mass is 9.93. The average molecular weight is 506 g/mol. The molecule has 0 bridgehead atoms. The molecule has 2 aliphatic carbocycles. The fourth-order valence-electron chi connectivity index (χ4n) is 5.85. The number of hydrogen-bond acceptors (Lipinski definition) is 5. The average Bonchev–Trinajstić information content (AvgIpc) is 3.26. The molecule has 0 spiro atoms. The number of ether oxygens (including phenoxy) is 2. The van der Waals surface area contributed by atoms with Crippen molar-refractivity contribution < 1.29 is 17.9 Å². The second kappa shape index (κ2) is 9.55. The molecule has 1 fully saturated rings. The van der Waals surface area contributed by atoms with Gasteiger partial charge in [0.1, 0.15) is 22.2 Å². The Morgan fingerprint density at radius 1 is 1.06 bits per heavy atom. The van der Waals surface area contributed by atoms with Gasteiger partial charge in [-0.05, 0) is 96.9 Å². The van der Waals surface area contributed by atoms with Crippen LogP contribution in [-0.4, -0.2) is 32.0 Å². The summed E-state index contributed by atoms with van der Waals surface area (Å²) in [6.07, 6.45) is 2.88. The Bertz CT molecular complexity index is 1390. The van der Waals surface area contributed by atoms with Crippen LogP contribution in [0.3, 0.4) is 0 Å². The third-order valence-corrected chi connectivity index (χ3v) is 8.91. The van der Waals surface area contributed by atoms with Crippen molar-refractivity contribution in [2.24, 2.45) is 11.8 Å². The van der Waals surface area contributed by atoms with Crippen molar-refractivity contribution in [3.63, 3.8) is 0 Å². The zero-order valence-electron chi connectivity index (χ0n) is 21.8. The first-order valence-electron chi connectivity index (χ1n) is 12.8. The summed E-state index contributed by atoms with van der Waals surface area (Å²) in [5.41, 5.74) is 9.54. The Labute approximate surface area is 214 Å². The molecule has 5 rings (SSSR count). The van der Waals surface area contributed by atoms with Gasteiger partial charge in [-0.2, -0.15) is 0 Å². The molecule has 1 aromatic heterocycles. The number of rotatable bonds is 9. The van der Waals surface area contributed by atoms with Crippen LogP contribution in [0.4, 0.5) is 0 Å². The van der Waals surface area contributed by atoms with Crippen LogP contribution < -0.4 is 9.47 Å². The van der Waals surface area contributed by atoms with E-state index >= 15 is 0 Å². The van der Waals surface area contributed by atoms with Gasteiger partial charge < -0.3 is 9.47 Å². The summed E-state index contributed by atoms with van der Waals surface area (Å²) in [7, 11) is -2.99. The topological polar surface area (TPSA) is 65.5 Å². The minimum atomic E-state index is -2.99. The predicted molar refractivity (Wildman–Crippen MR) is 144 cm³/mol. The number of fused-ring (bicyclic) bond motifs is 3. The van der Waals surface area contributed by atoms with Crippen molar-refractivity contribution in [3.05, 3.63) is 76.0 Å². The van der Waals surface area contributed by atoms with E-state index in [1.807, 2.05) is 13.0 Å². The minimum Gasteiger partial charge on any atom is -0.489 e. The molecule has 6 heteroatoms. The maximum absolute atomic E-state index is 11.3. The van der Waals surface area contributed by atoms with Crippen molar-refractivity contribution in [1.82, 2.24) is 4.98 Å². The molecule has 0 unspecified atom stereocenters. The quantitative estimate of drug-likeness (QED) is 0.335. The van der Waals surface area contributed by atoms with Crippen molar-refractivity contribution >= 4 is 9.84 Å². The van der Waals surface area contributed by atoms with Gasteiger partial charge in [-0.25, -0.2) is 13.4 Å². The minimum absolute atomic E-state index is 0.114. The number of benzene rings is 2. The van der Waals surface area contributed by atoms with E-state index in [1.165, 1.54) is 29.4 Å². The number of aromatic nitrogens is 1. The van der Waals surface area contributed by atoms with Gasteiger partial charge >= 0.3 is 0 Å². The highest BCUT2D eigenvalue weighted by Gasteiger charge is 2.52. The molecule has 36 heavy (non-hydrogen) atoms. The van der Waals surface area contributed by atoms with Crippen LogP contribution in [0.1, 0.15) is 52.8 Å². The van der Waals surface area contributed by atoms with E-state index in [2.05, 4.69) is 62.2 Å². The maximum Gasteiger partial charge on any atom is 0.213 e. The highest BCUT2D eigenvalue weighted by atomic mass is 32.2. The number of aryl methyl sites for hydroxylation is 2. The molecule has 0 saturated heterocycles. The van der Waals surface area contributed by atoms with Gasteiger partial charge in [-0.3, -0.25) is 0 Å². The Morgan fingerprint density at radius 3 is 2.61 bits per heavy atom. The molecule has 0 amide bonds. The largest absolute Gasteiger partial charge is 0.489 e. The molecule has 2 aliphatic rings. The van der Waals surface area contributed by atoms with Crippen LogP contribution in [-0.2, 0) is 22.9 Å². The lowest BCUT2D eigenvalue weighted by Crippen LogP contribution is -2.09. The fraction of sp³-hybridized carbons (Fsp3) is 0.433. The summed E-state index contributed by atoms with van der Waals surface area (Å²) in [6, 6.07) is 14.9. The van der Waals surface area contributed by atoms with E-state index in [4.69, 9.17) is 9.47 Å². The van der Waals surface area contributed by atoms with E-state index < -0.39 is 9.84 Å². The molecular weight excluding hydrogens is 470 g/mol. The van der Waals surface area contributed by atoms with Gasteiger partial charge in [0.25, 0.3) is 0 Å². The van der Waals surface area contributed by atoms with Crippen molar-refractivity contribution in [1.29, 1.82) is 0 Å². The molecule has 5 nitrogen and oxygen atoms in total. The molecule has 1 heterocycles. The SMILES string of the molecule is Cc1cc(OCCCS(C)(=O)=O)nc(C)c1-c1cccc(COc2ccc3c(c2)C[C@H]2[C@H](C)[C@@H]32)c1C. The predicted octanol–water partition coefficient (Wildman–Crippen LogP) is 5.97. The van der Waals surface area contributed by atoms with Crippen LogP contribution in [0.15, 0.2) is 42.5 Å². The van der Waals surface area contributed by atoms with Gasteiger partial charge in [0, 0.05) is 23.6 Å². The van der Waals surface area contributed by atoms with Crippen molar-refractivity contribution in [2.75, 3.05) is 18.6 Å². The number of sulfone groups is 1. The summed E-state index contributed by atoms with van der Waals surface area (Å²) in [4.78, 5) is 4.65. The molecule has 2 aromatic carbocycles. The van der Waals surface area contributed by atoms with Crippen LogP contribution in [0.25, 0.3) is 11.1 Å². The zero-order valence-corrected chi connectivity index (χ0v) is 22.6. The van der Waals surface area contributed by atoms with Crippen molar-refractivity contribution in [2.45, 2.75) is 53.1 Å². The molecule has 0 N–H and O–H groups in total. The van der Waals surface area contributed by atoms with Gasteiger partial charge in [-0.1, -0.05) is 31.2 Å². The van der Waals surface area contributed by atoms with Crippen LogP contribution in [0, 0.1) is 32.6 Å². The van der Waals surface area contributed by atoms with Crippen LogP contribution in [0.2, 0.25) is 0 Å². The highest BCUT2D eigenvalue weighted by Crippen LogP contribution is 2.61. The van der Waals surface area contributed by atoms with Crippen LogP contribution in [0.5, 0.6) is 11.6 Å². The Balaban J connectivity index is 1.29. The number of nitrogens with zero attached hydrogens (tertiary/aromatic N) is 1. The summed E-state index contributed by atoms with van der Waals surface area (Å²) in [5, 5.41) is 0. The van der Waals surface area contributed by atoms with Gasteiger partial charge in [-0.15, -0.1) is 0 Å². The second-order valence-corrected chi connectivity index (χ2v) is 12.8. The third-order valence-electron chi connectivity index (χ3n) is 7.88. The van der Waals surface area contributed by atoms with E-state index in [0.29, 0.717) is 25.5 Å². The zero-order chi connectivity index (χ0) is 25.6. The summed E-state index contributed by atoms with van der Waals surface area (Å²) in [6.45, 7) is 9.40. The van der Waals surface area contributed by atoms with E-state index in [9.17, 15) is 8.42 Å². The number of pyridine rings is 1. The Kier molecular flexibility index (Phi) is 6.58. The summed E-state index contributed by atoms with van der Waals surface area (Å²) in [5.74, 6) is 4.05. The first-order chi connectivity index (χ1) is 17.1. The maximum atomic E-state index is 11.3. The molecule has 0 aliphatic heterocycles. The lowest BCUT2D eigenvalue weighted by molar-refractivity contribution is 0.304. The first kappa shape index (κ1) is 24.8. The van der Waals surface area contributed by atoms with E-state index in [0.717, 1.165) is 51.5 Å². The van der Waals surface area contributed by atoms with Crippen LogP contribution >= 0.6 is 0 Å². The van der Waals surface area contributed by atoms with E-state index in [-0.39, 0.29) is 5.75 Å². The second-order valence-electron chi connectivity index (χ2n) is 10.6. The van der Waals surface area contributed by atoms with Gasteiger partial charge in [0.2, 0.25) is 5.88 Å². The lowest BCUT2D eigenvalue weighted by Gasteiger charge is -2.17.